The van der Waals surface area contributed by atoms with Crippen LogP contribution in [-0.2, 0) is 34.9 Å². The maximum atomic E-state index is 13.2. The summed E-state index contributed by atoms with van der Waals surface area (Å²) in [6, 6.07) is 3.19. The highest BCUT2D eigenvalue weighted by Gasteiger charge is 2.40. The molecule has 1 N–H and O–H groups in total. The van der Waals surface area contributed by atoms with Gasteiger partial charge in [0.25, 0.3) is 0 Å². The van der Waals surface area contributed by atoms with Gasteiger partial charge in [-0.2, -0.15) is 0 Å². The lowest BCUT2D eigenvalue weighted by atomic mass is 9.63. The van der Waals surface area contributed by atoms with E-state index in [2.05, 4.69) is 38.9 Å². The van der Waals surface area contributed by atoms with E-state index in [-0.39, 0.29) is 40.1 Å². The average molecular weight is 493 g/mol. The number of aliphatic carboxylic acids is 1. The molecule has 0 fully saturated rings. The number of benzene rings is 1. The molecule has 0 spiro atoms. The molecule has 1 aliphatic carbocycles. The lowest BCUT2D eigenvalue weighted by molar-refractivity contribution is -0.132. The second-order valence-corrected chi connectivity index (χ2v) is 11.5. The standard InChI is InChI=1S/C26H36O7S/c1-8-20(24(27)28)18(2)9-14-34(29,30)19-15-21-23(26(5,6)11-10-25(21,3)4)22(16-19)33-17-32-13-12-31-7/h15-16H,8,10-13,17H2,1-7H3,(H,27,28). The molecule has 0 amide bonds. The van der Waals surface area contributed by atoms with E-state index in [1.54, 1.807) is 20.1 Å². The minimum atomic E-state index is -4.03. The third kappa shape index (κ3) is 6.41. The normalized spacial score (nSPS) is 17.1. The molecule has 0 aliphatic heterocycles. The van der Waals surface area contributed by atoms with Gasteiger partial charge < -0.3 is 19.3 Å². The molecule has 0 aromatic heterocycles. The van der Waals surface area contributed by atoms with Gasteiger partial charge in [-0.25, -0.2) is 13.2 Å². The second kappa shape index (κ2) is 10.9. The van der Waals surface area contributed by atoms with E-state index in [1.807, 2.05) is 0 Å². The van der Waals surface area contributed by atoms with Crippen LogP contribution in [0.15, 0.2) is 28.2 Å². The molecule has 188 valence electrons. The molecule has 0 saturated carbocycles. The fourth-order valence-corrected chi connectivity index (χ4v) is 5.08. The maximum Gasteiger partial charge on any atom is 0.332 e. The number of ether oxygens (including phenoxy) is 3. The van der Waals surface area contributed by atoms with Crippen LogP contribution < -0.4 is 4.74 Å². The first kappa shape index (κ1) is 27.9. The SMILES string of the molecule is CCC(C(=O)O)=C(C)C#CS(=O)(=O)c1cc(OCOCCOC)c2c(c1)C(C)(C)CCC2(C)C. The van der Waals surface area contributed by atoms with Crippen LogP contribution in [0, 0.1) is 11.2 Å². The highest BCUT2D eigenvalue weighted by molar-refractivity contribution is 7.96. The molecule has 8 heteroatoms. The third-order valence-corrected chi connectivity index (χ3v) is 7.56. The van der Waals surface area contributed by atoms with E-state index in [4.69, 9.17) is 14.2 Å². The fraction of sp³-hybridized carbons (Fsp3) is 0.577. The van der Waals surface area contributed by atoms with Crippen molar-refractivity contribution < 1.29 is 32.5 Å². The second-order valence-electron chi connectivity index (χ2n) is 9.77. The molecule has 0 atom stereocenters. The molecule has 2 rings (SSSR count). The number of hydrogen-bond donors (Lipinski definition) is 1. The zero-order valence-corrected chi connectivity index (χ0v) is 22.0. The van der Waals surface area contributed by atoms with Gasteiger partial charge in [0.15, 0.2) is 6.79 Å². The zero-order valence-electron chi connectivity index (χ0n) is 21.2. The molecule has 0 saturated heterocycles. The average Bonchev–Trinajstić information content (AvgIpc) is 2.75. The van der Waals surface area contributed by atoms with Crippen molar-refractivity contribution in [1.29, 1.82) is 0 Å². The summed E-state index contributed by atoms with van der Waals surface area (Å²) >= 11 is 0. The monoisotopic (exact) mass is 492 g/mol. The van der Waals surface area contributed by atoms with E-state index in [0.717, 1.165) is 24.0 Å². The smallest absolute Gasteiger partial charge is 0.332 e. The minimum Gasteiger partial charge on any atom is -0.478 e. The molecule has 0 unspecified atom stereocenters. The van der Waals surface area contributed by atoms with Crippen molar-refractivity contribution in [2.75, 3.05) is 27.1 Å². The predicted molar refractivity (Wildman–Crippen MR) is 131 cm³/mol. The predicted octanol–water partition coefficient (Wildman–Crippen LogP) is 4.58. The largest absolute Gasteiger partial charge is 0.478 e. The van der Waals surface area contributed by atoms with Crippen LogP contribution >= 0.6 is 0 Å². The summed E-state index contributed by atoms with van der Waals surface area (Å²) in [4.78, 5) is 11.4. The number of allylic oxidation sites excluding steroid dienone is 1. The van der Waals surface area contributed by atoms with Gasteiger partial charge in [-0.05, 0) is 48.6 Å². The number of carbonyl (C=O) groups is 1. The Morgan fingerprint density at radius 1 is 1.12 bits per heavy atom. The third-order valence-electron chi connectivity index (χ3n) is 6.33. The van der Waals surface area contributed by atoms with Gasteiger partial charge in [0.05, 0.1) is 18.1 Å². The lowest BCUT2D eigenvalue weighted by Crippen LogP contribution is -2.34. The number of carboxylic acid groups (broad SMARTS) is 1. The molecule has 1 aromatic carbocycles. The van der Waals surface area contributed by atoms with Crippen LogP contribution in [0.3, 0.4) is 0 Å². The van der Waals surface area contributed by atoms with Gasteiger partial charge in [-0.1, -0.05) is 40.5 Å². The topological polar surface area (TPSA) is 99.1 Å². The molecular formula is C26H36O7S. The molecule has 0 radical (unpaired) electrons. The van der Waals surface area contributed by atoms with Crippen LogP contribution in [-0.4, -0.2) is 46.6 Å². The summed E-state index contributed by atoms with van der Waals surface area (Å²) in [5.74, 6) is 1.89. The van der Waals surface area contributed by atoms with Crippen LogP contribution in [0.25, 0.3) is 0 Å². The number of hydrogen-bond acceptors (Lipinski definition) is 6. The number of rotatable bonds is 9. The first-order valence-electron chi connectivity index (χ1n) is 11.4. The highest BCUT2D eigenvalue weighted by Crippen LogP contribution is 2.50. The van der Waals surface area contributed by atoms with Gasteiger partial charge in [0, 0.05) is 35.1 Å². The molecular weight excluding hydrogens is 456 g/mol. The van der Waals surface area contributed by atoms with Crippen molar-refractivity contribution in [3.63, 3.8) is 0 Å². The van der Waals surface area contributed by atoms with Gasteiger partial charge in [-0.3, -0.25) is 0 Å². The summed E-state index contributed by atoms with van der Waals surface area (Å²) in [7, 11) is -2.45. The first-order valence-corrected chi connectivity index (χ1v) is 12.8. The van der Waals surface area contributed by atoms with Crippen LogP contribution in [0.1, 0.15) is 71.9 Å². The van der Waals surface area contributed by atoms with Gasteiger partial charge in [0.2, 0.25) is 9.84 Å². The molecule has 34 heavy (non-hydrogen) atoms. The fourth-order valence-electron chi connectivity index (χ4n) is 4.14. The molecule has 7 nitrogen and oxygen atoms in total. The summed E-state index contributed by atoms with van der Waals surface area (Å²) in [5, 5.41) is 11.6. The van der Waals surface area contributed by atoms with Crippen molar-refractivity contribution >= 4 is 15.8 Å². The van der Waals surface area contributed by atoms with Crippen LogP contribution in [0.5, 0.6) is 5.75 Å². The Balaban J connectivity index is 2.61. The molecule has 1 aromatic rings. The van der Waals surface area contributed by atoms with E-state index < -0.39 is 15.8 Å². The van der Waals surface area contributed by atoms with Crippen molar-refractivity contribution in [2.24, 2.45) is 0 Å². The maximum absolute atomic E-state index is 13.2. The summed E-state index contributed by atoms with van der Waals surface area (Å²) in [6.45, 7) is 12.4. The molecule has 0 heterocycles. The molecule has 1 aliphatic rings. The number of sulfone groups is 1. The molecule has 0 bridgehead atoms. The van der Waals surface area contributed by atoms with E-state index in [0.29, 0.717) is 19.0 Å². The Morgan fingerprint density at radius 3 is 2.35 bits per heavy atom. The summed E-state index contributed by atoms with van der Waals surface area (Å²) in [6.07, 6.45) is 2.07. The van der Waals surface area contributed by atoms with Crippen molar-refractivity contribution in [2.45, 2.75) is 76.5 Å². The van der Waals surface area contributed by atoms with E-state index >= 15 is 0 Å². The van der Waals surface area contributed by atoms with Crippen molar-refractivity contribution in [3.05, 3.63) is 34.4 Å². The van der Waals surface area contributed by atoms with Gasteiger partial charge in [0.1, 0.15) is 5.75 Å². The summed E-state index contributed by atoms with van der Waals surface area (Å²) < 4.78 is 42.8. The highest BCUT2D eigenvalue weighted by atomic mass is 32.2. The summed E-state index contributed by atoms with van der Waals surface area (Å²) in [5.41, 5.74) is 1.73. The number of carboxylic acids is 1. The van der Waals surface area contributed by atoms with E-state index in [1.165, 1.54) is 13.0 Å². The Kier molecular flexibility index (Phi) is 8.98. The zero-order chi connectivity index (χ0) is 25.7. The van der Waals surface area contributed by atoms with Crippen LogP contribution in [0.2, 0.25) is 0 Å². The Bertz CT molecular complexity index is 1120. The number of fused-ring (bicyclic) bond motifs is 1. The van der Waals surface area contributed by atoms with Gasteiger partial charge in [-0.15, -0.1) is 0 Å². The number of methoxy groups -OCH3 is 1. The minimum absolute atomic E-state index is 0.0255. The quantitative estimate of drug-likeness (QED) is 0.177. The van der Waals surface area contributed by atoms with Crippen molar-refractivity contribution in [1.82, 2.24) is 0 Å². The first-order chi connectivity index (χ1) is 15.8. The van der Waals surface area contributed by atoms with Crippen molar-refractivity contribution in [3.8, 4) is 16.9 Å². The Labute approximate surface area is 203 Å². The Hall–Kier alpha value is -2.34. The lowest BCUT2D eigenvalue weighted by Gasteiger charge is -2.42. The van der Waals surface area contributed by atoms with E-state index in [9.17, 15) is 18.3 Å². The van der Waals surface area contributed by atoms with Crippen LogP contribution in [0.4, 0.5) is 0 Å². The van der Waals surface area contributed by atoms with Gasteiger partial charge >= 0.3 is 5.97 Å². The Morgan fingerprint density at radius 2 is 1.76 bits per heavy atom.